The molecule has 2 fully saturated rings. The minimum atomic E-state index is -3.96. The van der Waals surface area contributed by atoms with E-state index < -0.39 is 62.8 Å². The van der Waals surface area contributed by atoms with Gasteiger partial charge in [0.05, 0.1) is 29.9 Å². The predicted molar refractivity (Wildman–Crippen MR) is 78.5 cm³/mol. The van der Waals surface area contributed by atoms with Crippen molar-refractivity contribution >= 4 is 21.6 Å². The molecule has 0 saturated heterocycles. The van der Waals surface area contributed by atoms with Crippen molar-refractivity contribution in [1.29, 1.82) is 0 Å². The second kappa shape index (κ2) is 5.09. The van der Waals surface area contributed by atoms with Crippen LogP contribution in [-0.2, 0) is 19.6 Å². The molecule has 2 atom stereocenters. The van der Waals surface area contributed by atoms with Gasteiger partial charge in [-0.25, -0.2) is 13.1 Å². The second-order valence-corrected chi connectivity index (χ2v) is 9.05. The van der Waals surface area contributed by atoms with Crippen LogP contribution < -0.4 is 4.72 Å². The third-order valence-corrected chi connectivity index (χ3v) is 7.15. The Morgan fingerprint density at radius 2 is 1.82 bits per heavy atom. The van der Waals surface area contributed by atoms with Gasteiger partial charge in [-0.1, -0.05) is 13.8 Å². The summed E-state index contributed by atoms with van der Waals surface area (Å²) in [5.74, 6) is -1.99. The predicted octanol–water partition coefficient (Wildman–Crippen LogP) is -0.776. The number of hydrogen-bond acceptors (Lipinski definition) is 6. The number of rotatable bonds is 6. The van der Waals surface area contributed by atoms with Crippen LogP contribution in [0.25, 0.3) is 0 Å². The van der Waals surface area contributed by atoms with Crippen molar-refractivity contribution in [2.24, 2.45) is 16.7 Å². The SMILES string of the molecule is CC(CO)(CO)NS(=O)(=O)CC12CCC(C(=O)C1=O)C2(C)C. The van der Waals surface area contributed by atoms with Crippen LogP contribution in [0.5, 0.6) is 0 Å². The summed E-state index contributed by atoms with van der Waals surface area (Å²) in [6.07, 6.45) is 0.884. The highest BCUT2D eigenvalue weighted by molar-refractivity contribution is 7.89. The van der Waals surface area contributed by atoms with Crippen LogP contribution in [0.1, 0.15) is 33.6 Å². The van der Waals surface area contributed by atoms with Gasteiger partial charge in [0.15, 0.2) is 0 Å². The highest BCUT2D eigenvalue weighted by Gasteiger charge is 2.70. The minimum absolute atomic E-state index is 0.366. The topological polar surface area (TPSA) is 121 Å². The molecule has 7 nitrogen and oxygen atoms in total. The van der Waals surface area contributed by atoms with E-state index in [4.69, 9.17) is 0 Å². The van der Waals surface area contributed by atoms with Crippen LogP contribution in [0, 0.1) is 16.7 Å². The molecule has 22 heavy (non-hydrogen) atoms. The summed E-state index contributed by atoms with van der Waals surface area (Å²) in [6.45, 7) is 3.75. The zero-order chi connectivity index (χ0) is 17.0. The summed E-state index contributed by atoms with van der Waals surface area (Å²) in [6, 6.07) is 0. The van der Waals surface area contributed by atoms with Crippen LogP contribution in [0.15, 0.2) is 0 Å². The van der Waals surface area contributed by atoms with Gasteiger partial charge in [-0.3, -0.25) is 9.59 Å². The highest BCUT2D eigenvalue weighted by atomic mass is 32.2. The molecule has 0 aromatic carbocycles. The Kier molecular flexibility index (Phi) is 4.05. The summed E-state index contributed by atoms with van der Waals surface area (Å²) < 4.78 is 27.1. The smallest absolute Gasteiger partial charge is 0.213 e. The molecule has 0 heterocycles. The molecule has 2 aliphatic rings. The van der Waals surface area contributed by atoms with Gasteiger partial charge >= 0.3 is 0 Å². The number of carbonyl (C=O) groups excluding carboxylic acids is 2. The van der Waals surface area contributed by atoms with Crippen molar-refractivity contribution in [3.63, 3.8) is 0 Å². The average molecular weight is 333 g/mol. The molecular formula is C14H23NO6S. The fourth-order valence-electron chi connectivity index (χ4n) is 3.84. The van der Waals surface area contributed by atoms with Crippen molar-refractivity contribution in [3.8, 4) is 0 Å². The molecule has 0 amide bonds. The van der Waals surface area contributed by atoms with Crippen LogP contribution >= 0.6 is 0 Å². The lowest BCUT2D eigenvalue weighted by atomic mass is 9.70. The van der Waals surface area contributed by atoms with E-state index >= 15 is 0 Å². The average Bonchev–Trinajstić information content (AvgIpc) is 2.73. The molecule has 8 heteroatoms. The zero-order valence-electron chi connectivity index (χ0n) is 13.0. The number of aliphatic hydroxyl groups is 2. The Morgan fingerprint density at radius 3 is 2.23 bits per heavy atom. The molecular weight excluding hydrogens is 310 g/mol. The van der Waals surface area contributed by atoms with Crippen LogP contribution in [0.3, 0.4) is 0 Å². The molecule has 2 bridgehead atoms. The van der Waals surface area contributed by atoms with E-state index in [1.54, 1.807) is 13.8 Å². The van der Waals surface area contributed by atoms with Crippen molar-refractivity contribution in [3.05, 3.63) is 0 Å². The van der Waals surface area contributed by atoms with Crippen LogP contribution in [-0.4, -0.2) is 54.7 Å². The molecule has 0 aliphatic heterocycles. The van der Waals surface area contributed by atoms with Gasteiger partial charge in [0.1, 0.15) is 0 Å². The Balaban J connectivity index is 2.33. The maximum atomic E-state index is 12.4. The molecule has 0 radical (unpaired) electrons. The molecule has 2 rings (SSSR count). The van der Waals surface area contributed by atoms with E-state index in [1.807, 2.05) is 0 Å². The summed E-state index contributed by atoms with van der Waals surface area (Å²) in [4.78, 5) is 24.4. The molecule has 2 aliphatic carbocycles. The summed E-state index contributed by atoms with van der Waals surface area (Å²) in [5, 5.41) is 18.5. The van der Waals surface area contributed by atoms with E-state index in [-0.39, 0.29) is 0 Å². The largest absolute Gasteiger partial charge is 0.394 e. The fraction of sp³-hybridized carbons (Fsp3) is 0.857. The number of aliphatic hydroxyl groups excluding tert-OH is 2. The summed E-state index contributed by atoms with van der Waals surface area (Å²) >= 11 is 0. The van der Waals surface area contributed by atoms with Gasteiger partial charge in [-0.05, 0) is 25.2 Å². The summed E-state index contributed by atoms with van der Waals surface area (Å²) in [5.41, 5.74) is -3.32. The third kappa shape index (κ3) is 2.33. The first-order chi connectivity index (χ1) is 9.95. The van der Waals surface area contributed by atoms with E-state index in [0.29, 0.717) is 12.8 Å². The first-order valence-electron chi connectivity index (χ1n) is 7.27. The maximum Gasteiger partial charge on any atom is 0.213 e. The third-order valence-electron chi connectivity index (χ3n) is 5.48. The standard InChI is InChI=1S/C14H23NO6S/c1-12(2)9-4-5-14(12,11(19)10(9)18)8-22(20,21)15-13(3,6-16)7-17/h9,15-17H,4-8H2,1-3H3. The van der Waals surface area contributed by atoms with Crippen molar-refractivity contribution in [2.45, 2.75) is 39.2 Å². The van der Waals surface area contributed by atoms with Crippen LogP contribution in [0.2, 0.25) is 0 Å². The highest BCUT2D eigenvalue weighted by Crippen LogP contribution is 2.62. The van der Waals surface area contributed by atoms with Crippen LogP contribution in [0.4, 0.5) is 0 Å². The first kappa shape index (κ1) is 17.5. The lowest BCUT2D eigenvalue weighted by molar-refractivity contribution is -0.141. The zero-order valence-corrected chi connectivity index (χ0v) is 13.9. The van der Waals surface area contributed by atoms with E-state index in [2.05, 4.69) is 4.72 Å². The Morgan fingerprint density at radius 1 is 1.27 bits per heavy atom. The molecule has 0 aromatic rings. The number of carbonyl (C=O) groups is 2. The number of Topliss-reactive ketones (excluding diaryl/α,β-unsaturated/α-hetero) is 2. The van der Waals surface area contributed by atoms with Gasteiger partial charge < -0.3 is 10.2 Å². The van der Waals surface area contributed by atoms with Crippen molar-refractivity contribution in [1.82, 2.24) is 4.72 Å². The number of nitrogens with one attached hydrogen (secondary N) is 1. The molecule has 0 spiro atoms. The Hall–Kier alpha value is -0.830. The maximum absolute atomic E-state index is 12.4. The summed E-state index contributed by atoms with van der Waals surface area (Å²) in [7, 11) is -3.96. The Labute approximate surface area is 130 Å². The molecule has 0 aromatic heterocycles. The van der Waals surface area contributed by atoms with E-state index in [0.717, 1.165) is 0 Å². The van der Waals surface area contributed by atoms with Crippen molar-refractivity contribution < 1.29 is 28.2 Å². The van der Waals surface area contributed by atoms with E-state index in [9.17, 15) is 28.2 Å². The van der Waals surface area contributed by atoms with Gasteiger partial charge in [-0.15, -0.1) is 0 Å². The number of sulfonamides is 1. The minimum Gasteiger partial charge on any atom is -0.394 e. The number of fused-ring (bicyclic) bond motifs is 2. The lowest BCUT2D eigenvalue weighted by Crippen LogP contribution is -2.55. The van der Waals surface area contributed by atoms with Gasteiger partial charge in [0.2, 0.25) is 21.6 Å². The lowest BCUT2D eigenvalue weighted by Gasteiger charge is -2.36. The van der Waals surface area contributed by atoms with E-state index in [1.165, 1.54) is 6.92 Å². The molecule has 2 saturated carbocycles. The normalized spacial score (nSPS) is 31.0. The second-order valence-electron chi connectivity index (χ2n) is 7.33. The monoisotopic (exact) mass is 333 g/mol. The molecule has 2 unspecified atom stereocenters. The van der Waals surface area contributed by atoms with Gasteiger partial charge in [0, 0.05) is 5.92 Å². The van der Waals surface area contributed by atoms with Crippen molar-refractivity contribution in [2.75, 3.05) is 19.0 Å². The van der Waals surface area contributed by atoms with Gasteiger partial charge in [-0.2, -0.15) is 0 Å². The Bertz CT molecular complexity index is 607. The fourth-order valence-corrected chi connectivity index (χ4v) is 6.09. The first-order valence-corrected chi connectivity index (χ1v) is 8.92. The van der Waals surface area contributed by atoms with Gasteiger partial charge in [0.25, 0.3) is 0 Å². The quantitative estimate of drug-likeness (QED) is 0.549. The number of ketones is 2. The molecule has 126 valence electrons. The number of hydrogen-bond donors (Lipinski definition) is 3. The molecule has 3 N–H and O–H groups in total.